The Balaban J connectivity index is 2.42. The van der Waals surface area contributed by atoms with Crippen LogP contribution >= 0.6 is 15.9 Å². The Bertz CT molecular complexity index is 556. The van der Waals surface area contributed by atoms with Gasteiger partial charge in [-0.3, -0.25) is 0 Å². The fourth-order valence-corrected chi connectivity index (χ4v) is 2.29. The van der Waals surface area contributed by atoms with Crippen molar-refractivity contribution in [3.05, 3.63) is 39.9 Å². The smallest absolute Gasteiger partial charge is 0.328 e. The number of halogens is 1. The van der Waals surface area contributed by atoms with Crippen molar-refractivity contribution in [1.82, 2.24) is 0 Å². The minimum atomic E-state index is -0.961. The van der Waals surface area contributed by atoms with Crippen LogP contribution in [0.4, 0.5) is 0 Å². The highest BCUT2D eigenvalue weighted by Crippen LogP contribution is 2.38. The molecule has 0 saturated heterocycles. The van der Waals surface area contributed by atoms with Crippen molar-refractivity contribution < 1.29 is 14.6 Å². The first-order valence-electron chi connectivity index (χ1n) is 5.50. The summed E-state index contributed by atoms with van der Waals surface area (Å²) in [6, 6.07) is 3.73. The first-order chi connectivity index (χ1) is 8.37. The summed E-state index contributed by atoms with van der Waals surface area (Å²) in [6.07, 6.45) is 6.64. The van der Waals surface area contributed by atoms with Crippen molar-refractivity contribution in [3.8, 4) is 5.75 Å². The largest absolute Gasteiger partial charge is 0.482 e. The maximum Gasteiger partial charge on any atom is 0.328 e. The molecule has 94 valence electrons. The number of fused-ring (bicyclic) bond motifs is 1. The number of aliphatic carboxylic acids is 1. The molecular weight excluding hydrogens is 296 g/mol. The van der Waals surface area contributed by atoms with Gasteiger partial charge in [-0.05, 0) is 59.6 Å². The second-order valence-electron chi connectivity index (χ2n) is 4.63. The van der Waals surface area contributed by atoms with Crippen LogP contribution in [0.15, 0.2) is 28.8 Å². The van der Waals surface area contributed by atoms with E-state index < -0.39 is 5.97 Å². The second-order valence-corrected chi connectivity index (χ2v) is 5.49. The van der Waals surface area contributed by atoms with Gasteiger partial charge in [0.25, 0.3) is 0 Å². The second kappa shape index (κ2) is 4.61. The van der Waals surface area contributed by atoms with E-state index in [0.717, 1.165) is 27.4 Å². The van der Waals surface area contributed by atoms with E-state index in [9.17, 15) is 4.79 Å². The Labute approximate surface area is 114 Å². The van der Waals surface area contributed by atoms with Crippen LogP contribution in [0.5, 0.6) is 5.75 Å². The number of carboxylic acids is 1. The van der Waals surface area contributed by atoms with Gasteiger partial charge >= 0.3 is 5.97 Å². The number of carboxylic acid groups (broad SMARTS) is 1. The summed E-state index contributed by atoms with van der Waals surface area (Å²) in [5.74, 6) is -0.174. The highest BCUT2D eigenvalue weighted by molar-refractivity contribution is 9.10. The Hall–Kier alpha value is -1.55. The van der Waals surface area contributed by atoms with Gasteiger partial charge in [-0.25, -0.2) is 4.79 Å². The molecule has 1 aliphatic heterocycles. The molecule has 1 aromatic carbocycles. The Kier molecular flexibility index (Phi) is 3.30. The summed E-state index contributed by atoms with van der Waals surface area (Å²) in [5, 5.41) is 8.61. The van der Waals surface area contributed by atoms with E-state index in [2.05, 4.69) is 15.9 Å². The number of carbonyl (C=O) groups is 1. The Morgan fingerprint density at radius 3 is 2.83 bits per heavy atom. The van der Waals surface area contributed by atoms with Gasteiger partial charge in [-0.15, -0.1) is 0 Å². The van der Waals surface area contributed by atoms with Crippen LogP contribution in [0.2, 0.25) is 0 Å². The minimum absolute atomic E-state index is 0.325. The van der Waals surface area contributed by atoms with Crippen molar-refractivity contribution in [3.63, 3.8) is 0 Å². The van der Waals surface area contributed by atoms with E-state index in [0.29, 0.717) is 0 Å². The molecular formula is C14H13BrO3. The van der Waals surface area contributed by atoms with Crippen LogP contribution in [-0.2, 0) is 4.79 Å². The lowest BCUT2D eigenvalue weighted by molar-refractivity contribution is -0.131. The molecule has 0 aromatic heterocycles. The number of hydrogen-bond donors (Lipinski definition) is 1. The average Bonchev–Trinajstić information content (AvgIpc) is 2.27. The molecule has 0 atom stereocenters. The van der Waals surface area contributed by atoms with Crippen LogP contribution in [0, 0.1) is 0 Å². The summed E-state index contributed by atoms with van der Waals surface area (Å²) in [6.45, 7) is 3.97. The molecule has 0 aliphatic carbocycles. The summed E-state index contributed by atoms with van der Waals surface area (Å²) >= 11 is 3.45. The molecule has 2 rings (SSSR count). The van der Waals surface area contributed by atoms with Gasteiger partial charge < -0.3 is 9.84 Å². The summed E-state index contributed by atoms with van der Waals surface area (Å²) in [7, 11) is 0. The fraction of sp³-hybridized carbons (Fsp3) is 0.214. The number of ether oxygens (including phenoxy) is 1. The maximum atomic E-state index is 10.5. The summed E-state index contributed by atoms with van der Waals surface area (Å²) in [4.78, 5) is 10.5. The zero-order valence-corrected chi connectivity index (χ0v) is 11.7. The summed E-state index contributed by atoms with van der Waals surface area (Å²) in [5.41, 5.74) is 1.43. The first-order valence-corrected chi connectivity index (χ1v) is 6.29. The van der Waals surface area contributed by atoms with Gasteiger partial charge in [0.1, 0.15) is 11.4 Å². The molecule has 0 saturated carbocycles. The molecule has 3 nitrogen and oxygen atoms in total. The van der Waals surface area contributed by atoms with Crippen molar-refractivity contribution in [1.29, 1.82) is 0 Å². The van der Waals surface area contributed by atoms with E-state index in [-0.39, 0.29) is 5.60 Å². The highest BCUT2D eigenvalue weighted by Gasteiger charge is 2.23. The first kappa shape index (κ1) is 12.9. The Morgan fingerprint density at radius 2 is 2.17 bits per heavy atom. The van der Waals surface area contributed by atoms with E-state index >= 15 is 0 Å². The van der Waals surface area contributed by atoms with Crippen molar-refractivity contribution >= 4 is 34.1 Å². The standard InChI is InChI=1S/C14H13BrO3/c1-14(2)6-5-10-7-9(3-4-12(16)17)8-11(15)13(10)18-14/h3-8H,1-2H3,(H,16,17)/b4-3+. The third kappa shape index (κ3) is 2.82. The molecule has 0 fully saturated rings. The van der Waals surface area contributed by atoms with E-state index in [4.69, 9.17) is 9.84 Å². The van der Waals surface area contributed by atoms with Gasteiger partial charge in [0.15, 0.2) is 0 Å². The van der Waals surface area contributed by atoms with Gasteiger partial charge in [0.2, 0.25) is 0 Å². The number of hydrogen-bond acceptors (Lipinski definition) is 2. The molecule has 1 aliphatic rings. The molecule has 1 aromatic rings. The molecule has 18 heavy (non-hydrogen) atoms. The lowest BCUT2D eigenvalue weighted by Crippen LogP contribution is -2.27. The van der Waals surface area contributed by atoms with E-state index in [1.807, 2.05) is 38.1 Å². The van der Waals surface area contributed by atoms with Crippen molar-refractivity contribution in [2.75, 3.05) is 0 Å². The van der Waals surface area contributed by atoms with Gasteiger partial charge in [0, 0.05) is 11.6 Å². The molecule has 4 heteroatoms. The third-order valence-electron chi connectivity index (χ3n) is 2.54. The Morgan fingerprint density at radius 1 is 1.44 bits per heavy atom. The molecule has 0 amide bonds. The van der Waals surface area contributed by atoms with Gasteiger partial charge in [0.05, 0.1) is 4.47 Å². The monoisotopic (exact) mass is 308 g/mol. The highest BCUT2D eigenvalue weighted by atomic mass is 79.9. The molecule has 1 heterocycles. The normalized spacial score (nSPS) is 16.4. The fourth-order valence-electron chi connectivity index (χ4n) is 1.72. The minimum Gasteiger partial charge on any atom is -0.482 e. The maximum absolute atomic E-state index is 10.5. The molecule has 0 unspecified atom stereocenters. The lowest BCUT2D eigenvalue weighted by Gasteiger charge is -2.28. The summed E-state index contributed by atoms with van der Waals surface area (Å²) < 4.78 is 6.68. The molecule has 0 radical (unpaired) electrons. The number of rotatable bonds is 2. The predicted octanol–water partition coefficient (Wildman–Crippen LogP) is 3.73. The molecule has 0 bridgehead atoms. The molecule has 0 spiro atoms. The lowest BCUT2D eigenvalue weighted by atomic mass is 10.0. The van der Waals surface area contributed by atoms with Crippen LogP contribution in [0.3, 0.4) is 0 Å². The van der Waals surface area contributed by atoms with E-state index in [1.54, 1.807) is 6.08 Å². The van der Waals surface area contributed by atoms with Crippen molar-refractivity contribution in [2.45, 2.75) is 19.4 Å². The van der Waals surface area contributed by atoms with Crippen LogP contribution in [0.25, 0.3) is 12.2 Å². The van der Waals surface area contributed by atoms with Crippen molar-refractivity contribution in [2.24, 2.45) is 0 Å². The van der Waals surface area contributed by atoms with Crippen LogP contribution in [0.1, 0.15) is 25.0 Å². The van der Waals surface area contributed by atoms with E-state index in [1.165, 1.54) is 0 Å². The zero-order valence-electron chi connectivity index (χ0n) is 10.1. The van der Waals surface area contributed by atoms with Gasteiger partial charge in [-0.2, -0.15) is 0 Å². The molecule has 1 N–H and O–H groups in total. The quantitative estimate of drug-likeness (QED) is 0.847. The number of benzene rings is 1. The predicted molar refractivity (Wildman–Crippen MR) is 74.6 cm³/mol. The van der Waals surface area contributed by atoms with Crippen LogP contribution < -0.4 is 4.74 Å². The van der Waals surface area contributed by atoms with Gasteiger partial charge in [-0.1, -0.05) is 6.08 Å². The van der Waals surface area contributed by atoms with Crippen LogP contribution in [-0.4, -0.2) is 16.7 Å². The zero-order chi connectivity index (χ0) is 13.3. The average molecular weight is 309 g/mol. The SMILES string of the molecule is CC1(C)C=Cc2cc(/C=C/C(=O)O)cc(Br)c2O1. The third-order valence-corrected chi connectivity index (χ3v) is 3.13. The topological polar surface area (TPSA) is 46.5 Å².